The van der Waals surface area contributed by atoms with Crippen LogP contribution in [0.3, 0.4) is 0 Å². The molecule has 1 aromatic heterocycles. The molecule has 0 aliphatic rings. The minimum atomic E-state index is -0.177. The van der Waals surface area contributed by atoms with E-state index >= 15 is 0 Å². The highest BCUT2D eigenvalue weighted by atomic mass is 16.5. The van der Waals surface area contributed by atoms with Crippen LogP contribution in [0.4, 0.5) is 0 Å². The van der Waals surface area contributed by atoms with Crippen molar-refractivity contribution in [3.05, 3.63) is 48.2 Å². The molecule has 0 spiro atoms. The van der Waals surface area contributed by atoms with Gasteiger partial charge in [-0.05, 0) is 55.2 Å². The van der Waals surface area contributed by atoms with Gasteiger partial charge < -0.3 is 4.74 Å². The summed E-state index contributed by atoms with van der Waals surface area (Å²) in [7, 11) is 0. The maximum absolute atomic E-state index is 11.9. The number of ether oxygens (including phenoxy) is 1. The average molecular weight is 396 g/mol. The first-order valence-corrected chi connectivity index (χ1v) is 11.4. The molecule has 0 saturated heterocycles. The van der Waals surface area contributed by atoms with Crippen molar-refractivity contribution in [1.82, 2.24) is 4.98 Å². The van der Waals surface area contributed by atoms with Gasteiger partial charge in [0.2, 0.25) is 0 Å². The molecule has 1 aromatic carbocycles. The smallest absolute Gasteiger partial charge is 0.314 e. The number of aryl methyl sites for hydroxylation is 1. The van der Waals surface area contributed by atoms with Crippen molar-refractivity contribution in [1.29, 1.82) is 0 Å². The van der Waals surface area contributed by atoms with E-state index in [0.717, 1.165) is 24.1 Å². The largest absolute Gasteiger partial charge is 0.426 e. The van der Waals surface area contributed by atoms with Gasteiger partial charge in [0.25, 0.3) is 0 Å². The summed E-state index contributed by atoms with van der Waals surface area (Å²) >= 11 is 0. The Kier molecular flexibility index (Phi) is 10.5. The van der Waals surface area contributed by atoms with E-state index in [1.807, 2.05) is 44.3 Å². The Bertz CT molecular complexity index is 706. The third kappa shape index (κ3) is 8.39. The minimum Gasteiger partial charge on any atom is -0.426 e. The van der Waals surface area contributed by atoms with Gasteiger partial charge in [0, 0.05) is 11.8 Å². The van der Waals surface area contributed by atoms with Crippen molar-refractivity contribution in [2.75, 3.05) is 0 Å². The van der Waals surface area contributed by atoms with Crippen molar-refractivity contribution >= 4 is 5.97 Å². The molecule has 1 unspecified atom stereocenters. The highest BCUT2D eigenvalue weighted by molar-refractivity contribution is 5.75. The number of esters is 1. The second-order valence-corrected chi connectivity index (χ2v) is 8.03. The maximum atomic E-state index is 11.9. The first-order valence-electron chi connectivity index (χ1n) is 11.4. The number of hydrogen-bond acceptors (Lipinski definition) is 3. The molecule has 29 heavy (non-hydrogen) atoms. The molecule has 0 bridgehead atoms. The maximum Gasteiger partial charge on any atom is 0.314 e. The number of benzene rings is 1. The molecule has 0 radical (unpaired) electrons. The van der Waals surface area contributed by atoms with Gasteiger partial charge in [-0.1, -0.05) is 71.8 Å². The number of hydrogen-bond donors (Lipinski definition) is 0. The van der Waals surface area contributed by atoms with Crippen LogP contribution in [0.25, 0.3) is 11.3 Å². The molecule has 0 fully saturated rings. The Labute approximate surface area is 176 Å². The van der Waals surface area contributed by atoms with E-state index in [9.17, 15) is 4.79 Å². The van der Waals surface area contributed by atoms with E-state index in [0.29, 0.717) is 5.75 Å². The van der Waals surface area contributed by atoms with Gasteiger partial charge in [-0.15, -0.1) is 0 Å². The van der Waals surface area contributed by atoms with E-state index in [2.05, 4.69) is 24.0 Å². The lowest BCUT2D eigenvalue weighted by Crippen LogP contribution is -2.16. The van der Waals surface area contributed by atoms with E-state index in [1.165, 1.54) is 56.9 Å². The molecule has 1 heterocycles. The molecule has 3 nitrogen and oxygen atoms in total. The number of aromatic nitrogens is 1. The third-order valence-electron chi connectivity index (χ3n) is 5.53. The fourth-order valence-electron chi connectivity index (χ4n) is 3.28. The number of carbonyl (C=O) groups is 1. The Balaban J connectivity index is 1.76. The molecule has 1 atom stereocenters. The topological polar surface area (TPSA) is 39.2 Å². The number of nitrogens with zero attached hydrogens (tertiary/aromatic N) is 1. The van der Waals surface area contributed by atoms with Crippen molar-refractivity contribution in [2.24, 2.45) is 5.92 Å². The van der Waals surface area contributed by atoms with Crippen LogP contribution in [0.1, 0.15) is 84.1 Å². The second-order valence-electron chi connectivity index (χ2n) is 8.03. The van der Waals surface area contributed by atoms with Gasteiger partial charge in [0.1, 0.15) is 5.75 Å². The summed E-state index contributed by atoms with van der Waals surface area (Å²) in [6.07, 6.45) is 14.6. The predicted molar refractivity (Wildman–Crippen MR) is 121 cm³/mol. The minimum absolute atomic E-state index is 0.0788. The molecule has 0 N–H and O–H groups in total. The summed E-state index contributed by atoms with van der Waals surface area (Å²) in [5, 5.41) is 0. The van der Waals surface area contributed by atoms with Crippen LogP contribution < -0.4 is 4.74 Å². The summed E-state index contributed by atoms with van der Waals surface area (Å²) < 4.78 is 5.41. The van der Waals surface area contributed by atoms with E-state index in [4.69, 9.17) is 4.74 Å². The summed E-state index contributed by atoms with van der Waals surface area (Å²) in [6.45, 7) is 6.13. The van der Waals surface area contributed by atoms with Gasteiger partial charge in [0.05, 0.1) is 11.6 Å². The van der Waals surface area contributed by atoms with E-state index in [-0.39, 0.29) is 11.9 Å². The lowest BCUT2D eigenvalue weighted by molar-refractivity contribution is -0.138. The zero-order valence-electron chi connectivity index (χ0n) is 18.5. The molecule has 0 amide bonds. The number of rotatable bonds is 13. The summed E-state index contributed by atoms with van der Waals surface area (Å²) in [5.74, 6) is 0.332. The highest BCUT2D eigenvalue weighted by Crippen LogP contribution is 2.22. The van der Waals surface area contributed by atoms with E-state index < -0.39 is 0 Å². The zero-order chi connectivity index (χ0) is 20.9. The first-order chi connectivity index (χ1) is 14.1. The molecule has 3 heteroatoms. The Hall–Kier alpha value is -2.16. The highest BCUT2D eigenvalue weighted by Gasteiger charge is 2.13. The van der Waals surface area contributed by atoms with Gasteiger partial charge in [-0.25, -0.2) is 0 Å². The standard InChI is InChI=1S/C26H37NO2/c1-4-6-7-8-9-10-11-12-13-22-14-19-25(27-20-22)23-15-17-24(18-16-23)29-26(28)21(3)5-2/h14-21H,4-13H2,1-3H3. The van der Waals surface area contributed by atoms with Gasteiger partial charge in [-0.3, -0.25) is 9.78 Å². The molecule has 0 saturated carbocycles. The van der Waals surface area contributed by atoms with Gasteiger partial charge in [0.15, 0.2) is 0 Å². The molecule has 0 aliphatic carbocycles. The van der Waals surface area contributed by atoms with Crippen LogP contribution in [0.15, 0.2) is 42.6 Å². The summed E-state index contributed by atoms with van der Waals surface area (Å²) in [4.78, 5) is 16.5. The van der Waals surface area contributed by atoms with Crippen LogP contribution in [0, 0.1) is 5.92 Å². The van der Waals surface area contributed by atoms with Gasteiger partial charge in [-0.2, -0.15) is 0 Å². The molecule has 2 rings (SSSR count). The molecular weight excluding hydrogens is 358 g/mol. The van der Waals surface area contributed by atoms with Crippen LogP contribution in [-0.4, -0.2) is 11.0 Å². The van der Waals surface area contributed by atoms with E-state index in [1.54, 1.807) is 0 Å². The normalized spacial score (nSPS) is 12.0. The van der Waals surface area contributed by atoms with Crippen LogP contribution in [-0.2, 0) is 11.2 Å². The summed E-state index contributed by atoms with van der Waals surface area (Å²) in [6, 6.07) is 11.9. The molecular formula is C26H37NO2. The number of unbranched alkanes of at least 4 members (excludes halogenated alkanes) is 7. The summed E-state index contributed by atoms with van der Waals surface area (Å²) in [5.41, 5.74) is 3.29. The Morgan fingerprint density at radius 3 is 2.14 bits per heavy atom. The second kappa shape index (κ2) is 13.1. The molecule has 0 aliphatic heterocycles. The fraction of sp³-hybridized carbons (Fsp3) is 0.538. The monoisotopic (exact) mass is 395 g/mol. The molecule has 158 valence electrons. The predicted octanol–water partition coefficient (Wildman–Crippen LogP) is 7.38. The first kappa shape index (κ1) is 23.1. The number of carbonyl (C=O) groups excluding carboxylic acids is 1. The third-order valence-corrected chi connectivity index (χ3v) is 5.53. The van der Waals surface area contributed by atoms with Gasteiger partial charge >= 0.3 is 5.97 Å². The fourth-order valence-corrected chi connectivity index (χ4v) is 3.28. The van der Waals surface area contributed by atoms with Crippen molar-refractivity contribution in [2.45, 2.75) is 85.0 Å². The SMILES string of the molecule is CCCCCCCCCCc1ccc(-c2ccc(OC(=O)C(C)CC)cc2)nc1. The average Bonchev–Trinajstić information content (AvgIpc) is 2.76. The van der Waals surface area contributed by atoms with Crippen LogP contribution in [0.5, 0.6) is 5.75 Å². The number of pyridine rings is 1. The van der Waals surface area contributed by atoms with Crippen molar-refractivity contribution in [3.63, 3.8) is 0 Å². The molecule has 2 aromatic rings. The van der Waals surface area contributed by atoms with Crippen LogP contribution >= 0.6 is 0 Å². The van der Waals surface area contributed by atoms with Crippen LogP contribution in [0.2, 0.25) is 0 Å². The van der Waals surface area contributed by atoms with Crippen molar-refractivity contribution < 1.29 is 9.53 Å². The lowest BCUT2D eigenvalue weighted by atomic mass is 10.0. The quantitative estimate of drug-likeness (QED) is 0.202. The Morgan fingerprint density at radius 1 is 0.897 bits per heavy atom. The Morgan fingerprint density at radius 2 is 1.55 bits per heavy atom. The lowest BCUT2D eigenvalue weighted by Gasteiger charge is -2.09. The van der Waals surface area contributed by atoms with Crippen molar-refractivity contribution in [3.8, 4) is 17.0 Å². The zero-order valence-corrected chi connectivity index (χ0v) is 18.5.